The van der Waals surface area contributed by atoms with E-state index in [9.17, 15) is 9.65 Å². The van der Waals surface area contributed by atoms with E-state index in [2.05, 4.69) is 20.9 Å². The monoisotopic (exact) mass is 396 g/mol. The van der Waals surface area contributed by atoms with Crippen LogP contribution in [0.1, 0.15) is 18.4 Å². The maximum Gasteiger partial charge on any atom is 0.227 e. The van der Waals surface area contributed by atoms with Crippen molar-refractivity contribution in [2.45, 2.75) is 18.9 Å². The lowest BCUT2D eigenvalue weighted by molar-refractivity contribution is 0.122. The quantitative estimate of drug-likeness (QED) is 0.786. The van der Waals surface area contributed by atoms with E-state index >= 15 is 0 Å². The molecule has 0 aliphatic carbocycles. The van der Waals surface area contributed by atoms with Gasteiger partial charge in [-0.3, -0.25) is 0 Å². The van der Waals surface area contributed by atoms with Gasteiger partial charge in [0.05, 0.1) is 24.5 Å². The molecule has 0 radical (unpaired) electrons. The van der Waals surface area contributed by atoms with Gasteiger partial charge in [-0.2, -0.15) is 10.2 Å². The Balaban J connectivity index is 1.52. The molecule has 2 fully saturated rings. The Bertz CT molecular complexity index is 895. The van der Waals surface area contributed by atoms with Gasteiger partial charge in [-0.05, 0) is 31.0 Å². The number of ether oxygens (including phenoxy) is 1. The molecule has 29 heavy (non-hydrogen) atoms. The highest BCUT2D eigenvalue weighted by atomic mass is 19.1. The van der Waals surface area contributed by atoms with Gasteiger partial charge in [0.2, 0.25) is 5.95 Å². The van der Waals surface area contributed by atoms with E-state index in [0.717, 1.165) is 38.3 Å². The number of benzene rings is 1. The topological polar surface area (TPSA) is 68.5 Å². The molecular formula is C21H25FN6O. The molecule has 0 N–H and O–H groups in total. The van der Waals surface area contributed by atoms with E-state index in [1.807, 2.05) is 18.0 Å². The van der Waals surface area contributed by atoms with Gasteiger partial charge in [0.15, 0.2) is 0 Å². The predicted molar refractivity (Wildman–Crippen MR) is 110 cm³/mol. The summed E-state index contributed by atoms with van der Waals surface area (Å²) < 4.78 is 19.9. The first kappa shape index (κ1) is 19.4. The summed E-state index contributed by atoms with van der Waals surface area (Å²) in [4.78, 5) is 15.4. The smallest absolute Gasteiger partial charge is 0.227 e. The Morgan fingerprint density at radius 3 is 2.83 bits per heavy atom. The summed E-state index contributed by atoms with van der Waals surface area (Å²) >= 11 is 0. The summed E-state index contributed by atoms with van der Waals surface area (Å²) in [6.45, 7) is 4.32. The fourth-order valence-electron chi connectivity index (χ4n) is 4.04. The van der Waals surface area contributed by atoms with E-state index < -0.39 is 0 Å². The van der Waals surface area contributed by atoms with Crippen LogP contribution in [0.3, 0.4) is 0 Å². The van der Waals surface area contributed by atoms with Gasteiger partial charge in [-0.25, -0.2) is 9.37 Å². The van der Waals surface area contributed by atoms with Crippen LogP contribution in [0, 0.1) is 17.1 Å². The van der Waals surface area contributed by atoms with Gasteiger partial charge in [0, 0.05) is 45.5 Å². The molecule has 0 saturated carbocycles. The molecule has 1 atom stereocenters. The minimum atomic E-state index is -0.344. The highest BCUT2D eigenvalue weighted by Crippen LogP contribution is 2.29. The van der Waals surface area contributed by atoms with Crippen LogP contribution in [0.4, 0.5) is 21.8 Å². The molecule has 4 rings (SSSR count). The summed E-state index contributed by atoms with van der Waals surface area (Å²) in [5.41, 5.74) is 0.787. The lowest BCUT2D eigenvalue weighted by Crippen LogP contribution is -2.47. The van der Waals surface area contributed by atoms with Gasteiger partial charge in [0.1, 0.15) is 17.7 Å². The Kier molecular flexibility index (Phi) is 5.76. The maximum absolute atomic E-state index is 14.5. The van der Waals surface area contributed by atoms with E-state index in [-0.39, 0.29) is 11.9 Å². The summed E-state index contributed by atoms with van der Waals surface area (Å²) in [7, 11) is 2.02. The van der Waals surface area contributed by atoms with Crippen molar-refractivity contribution < 1.29 is 9.13 Å². The lowest BCUT2D eigenvalue weighted by atomic mass is 10.0. The van der Waals surface area contributed by atoms with Gasteiger partial charge < -0.3 is 19.4 Å². The van der Waals surface area contributed by atoms with Gasteiger partial charge in [-0.15, -0.1) is 0 Å². The molecule has 3 heterocycles. The van der Waals surface area contributed by atoms with Crippen LogP contribution in [0.15, 0.2) is 30.5 Å². The number of nitriles is 1. The zero-order valence-corrected chi connectivity index (χ0v) is 16.6. The first-order valence-electron chi connectivity index (χ1n) is 9.99. The zero-order valence-electron chi connectivity index (χ0n) is 16.6. The Hall–Kier alpha value is -2.92. The summed E-state index contributed by atoms with van der Waals surface area (Å²) in [6, 6.07) is 8.87. The number of anilines is 3. The minimum absolute atomic E-state index is 0.169. The molecule has 0 bridgehead atoms. The third kappa shape index (κ3) is 4.10. The van der Waals surface area contributed by atoms with Crippen LogP contribution >= 0.6 is 0 Å². The fourth-order valence-corrected chi connectivity index (χ4v) is 4.04. The number of para-hydroxylation sites is 1. The molecule has 7 nitrogen and oxygen atoms in total. The standard InChI is InChI=1S/C21H25FN6O/c1-26(19-7-8-24-21(25-19)27-10-12-29-13-11-27)17-5-3-9-28(15-17)20-16(14-23)4-2-6-18(20)22/h2,4,6-8,17H,3,5,9-13,15H2,1H3. The molecule has 2 aliphatic heterocycles. The second-order valence-electron chi connectivity index (χ2n) is 7.42. The van der Waals surface area contributed by atoms with Crippen LogP contribution in [0.25, 0.3) is 0 Å². The molecule has 1 aromatic carbocycles. The van der Waals surface area contributed by atoms with Crippen molar-refractivity contribution in [2.24, 2.45) is 0 Å². The van der Waals surface area contributed by atoms with E-state index in [1.165, 1.54) is 6.07 Å². The van der Waals surface area contributed by atoms with Crippen molar-refractivity contribution in [3.8, 4) is 6.07 Å². The normalized spacial score (nSPS) is 19.7. The van der Waals surface area contributed by atoms with Crippen molar-refractivity contribution in [3.05, 3.63) is 41.8 Å². The molecule has 2 saturated heterocycles. The molecule has 0 amide bonds. The molecular weight excluding hydrogens is 371 g/mol. The van der Waals surface area contributed by atoms with E-state index in [1.54, 1.807) is 18.3 Å². The summed E-state index contributed by atoms with van der Waals surface area (Å²) in [6.07, 6.45) is 3.70. The number of hydrogen-bond donors (Lipinski definition) is 0. The highest BCUT2D eigenvalue weighted by Gasteiger charge is 2.27. The Labute approximate surface area is 170 Å². The number of morpholine rings is 1. The van der Waals surface area contributed by atoms with E-state index in [0.29, 0.717) is 37.0 Å². The van der Waals surface area contributed by atoms with Crippen LogP contribution in [0.2, 0.25) is 0 Å². The van der Waals surface area contributed by atoms with Crippen molar-refractivity contribution >= 4 is 17.5 Å². The number of rotatable bonds is 4. The van der Waals surface area contributed by atoms with Crippen LogP contribution in [-0.4, -0.2) is 62.5 Å². The number of nitrogens with zero attached hydrogens (tertiary/aromatic N) is 6. The molecule has 1 aromatic heterocycles. The number of piperidine rings is 1. The Morgan fingerprint density at radius 1 is 1.21 bits per heavy atom. The molecule has 2 aliphatic rings. The second-order valence-corrected chi connectivity index (χ2v) is 7.42. The summed E-state index contributed by atoms with van der Waals surface area (Å²) in [5, 5.41) is 9.40. The zero-order chi connectivity index (χ0) is 20.2. The largest absolute Gasteiger partial charge is 0.378 e. The second kappa shape index (κ2) is 8.62. The van der Waals surface area contributed by atoms with Crippen molar-refractivity contribution in [1.29, 1.82) is 5.26 Å². The third-order valence-corrected chi connectivity index (χ3v) is 5.65. The average Bonchev–Trinajstić information content (AvgIpc) is 2.79. The molecule has 2 aromatic rings. The molecule has 0 spiro atoms. The van der Waals surface area contributed by atoms with Crippen molar-refractivity contribution in [2.75, 3.05) is 61.1 Å². The number of likely N-dealkylation sites (N-methyl/N-ethyl adjacent to an activating group) is 1. The van der Waals surface area contributed by atoms with E-state index in [4.69, 9.17) is 9.72 Å². The SMILES string of the molecule is CN(c1ccnc(N2CCOCC2)n1)C1CCCN(c2c(F)cccc2C#N)C1. The maximum atomic E-state index is 14.5. The predicted octanol–water partition coefficient (Wildman–Crippen LogP) is 2.43. The minimum Gasteiger partial charge on any atom is -0.378 e. The molecule has 152 valence electrons. The molecule has 8 heteroatoms. The van der Waals surface area contributed by atoms with Crippen molar-refractivity contribution in [3.63, 3.8) is 0 Å². The fraction of sp³-hybridized carbons (Fsp3) is 0.476. The van der Waals surface area contributed by atoms with Crippen LogP contribution in [-0.2, 0) is 4.74 Å². The van der Waals surface area contributed by atoms with Crippen LogP contribution < -0.4 is 14.7 Å². The number of halogens is 1. The Morgan fingerprint density at radius 2 is 2.03 bits per heavy atom. The molecule has 1 unspecified atom stereocenters. The van der Waals surface area contributed by atoms with Crippen LogP contribution in [0.5, 0.6) is 0 Å². The number of aromatic nitrogens is 2. The summed E-state index contributed by atoms with van der Waals surface area (Å²) in [5.74, 6) is 1.22. The van der Waals surface area contributed by atoms with Gasteiger partial charge in [-0.1, -0.05) is 6.07 Å². The number of hydrogen-bond acceptors (Lipinski definition) is 7. The third-order valence-electron chi connectivity index (χ3n) is 5.65. The van der Waals surface area contributed by atoms with Gasteiger partial charge in [0.25, 0.3) is 0 Å². The highest BCUT2D eigenvalue weighted by molar-refractivity contribution is 5.61. The average molecular weight is 396 g/mol. The van der Waals surface area contributed by atoms with Gasteiger partial charge >= 0.3 is 0 Å². The lowest BCUT2D eigenvalue weighted by Gasteiger charge is -2.39. The first-order valence-corrected chi connectivity index (χ1v) is 9.99. The first-order chi connectivity index (χ1) is 14.2. The van der Waals surface area contributed by atoms with Crippen molar-refractivity contribution in [1.82, 2.24) is 9.97 Å².